The highest BCUT2D eigenvalue weighted by Crippen LogP contribution is 2.14. The molecule has 1 aromatic heterocycles. The third-order valence-corrected chi connectivity index (χ3v) is 3.26. The monoisotopic (exact) mass is 235 g/mol. The molecule has 0 radical (unpaired) electrons. The van der Waals surface area contributed by atoms with E-state index in [4.69, 9.17) is 0 Å². The van der Waals surface area contributed by atoms with Crippen molar-refractivity contribution in [1.82, 2.24) is 14.9 Å². The number of anilines is 2. The second-order valence-corrected chi connectivity index (χ2v) is 4.63. The molecule has 0 aromatic carbocycles. The van der Waals surface area contributed by atoms with Crippen molar-refractivity contribution in [2.75, 3.05) is 43.4 Å². The van der Waals surface area contributed by atoms with Gasteiger partial charge in [0.15, 0.2) is 0 Å². The van der Waals surface area contributed by atoms with Gasteiger partial charge in [-0.1, -0.05) is 0 Å². The summed E-state index contributed by atoms with van der Waals surface area (Å²) in [7, 11) is 1.85. The van der Waals surface area contributed by atoms with Crippen LogP contribution in [0.5, 0.6) is 0 Å². The molecule has 5 nitrogen and oxygen atoms in total. The van der Waals surface area contributed by atoms with Crippen LogP contribution >= 0.6 is 0 Å². The van der Waals surface area contributed by atoms with Gasteiger partial charge in [-0.3, -0.25) is 4.90 Å². The molecule has 0 amide bonds. The van der Waals surface area contributed by atoms with Crippen molar-refractivity contribution in [3.63, 3.8) is 0 Å². The van der Waals surface area contributed by atoms with Crippen LogP contribution in [0.1, 0.15) is 13.8 Å². The van der Waals surface area contributed by atoms with Gasteiger partial charge >= 0.3 is 0 Å². The molecule has 0 unspecified atom stereocenters. The standard InChI is InChI=1S/C12H21N5/c1-10(2)16-4-6-17(7-5-16)12-9-14-11(13-3)8-15-12/h8-10H,4-7H2,1-3H3,(H,13,14). The largest absolute Gasteiger partial charge is 0.372 e. The fourth-order valence-electron chi connectivity index (χ4n) is 2.08. The van der Waals surface area contributed by atoms with Crippen LogP contribution in [0.15, 0.2) is 12.4 Å². The van der Waals surface area contributed by atoms with Crippen molar-refractivity contribution < 1.29 is 0 Å². The average Bonchev–Trinajstić information content (AvgIpc) is 2.39. The third kappa shape index (κ3) is 2.85. The van der Waals surface area contributed by atoms with Crippen LogP contribution in [0.2, 0.25) is 0 Å². The first-order valence-corrected chi connectivity index (χ1v) is 6.19. The van der Waals surface area contributed by atoms with Gasteiger partial charge < -0.3 is 10.2 Å². The van der Waals surface area contributed by atoms with Crippen molar-refractivity contribution >= 4 is 11.6 Å². The molecular formula is C12H21N5. The topological polar surface area (TPSA) is 44.3 Å². The first-order chi connectivity index (χ1) is 8.20. The van der Waals surface area contributed by atoms with E-state index >= 15 is 0 Å². The molecule has 2 rings (SSSR count). The Hall–Kier alpha value is -1.36. The summed E-state index contributed by atoms with van der Waals surface area (Å²) >= 11 is 0. The predicted molar refractivity (Wildman–Crippen MR) is 70.5 cm³/mol. The highest BCUT2D eigenvalue weighted by Gasteiger charge is 2.19. The number of hydrogen-bond acceptors (Lipinski definition) is 5. The van der Waals surface area contributed by atoms with Crippen LogP contribution in [0, 0.1) is 0 Å². The second-order valence-electron chi connectivity index (χ2n) is 4.63. The van der Waals surface area contributed by atoms with Crippen LogP contribution in [0.25, 0.3) is 0 Å². The van der Waals surface area contributed by atoms with Crippen molar-refractivity contribution in [1.29, 1.82) is 0 Å². The summed E-state index contributed by atoms with van der Waals surface area (Å²) in [6.07, 6.45) is 3.63. The summed E-state index contributed by atoms with van der Waals surface area (Å²) in [4.78, 5) is 13.5. The third-order valence-electron chi connectivity index (χ3n) is 3.26. The molecule has 1 aliphatic heterocycles. The normalized spacial score (nSPS) is 17.5. The second kappa shape index (κ2) is 5.31. The molecule has 17 heavy (non-hydrogen) atoms. The molecule has 94 valence electrons. The summed E-state index contributed by atoms with van der Waals surface area (Å²) in [5.41, 5.74) is 0. The molecule has 2 heterocycles. The molecule has 5 heteroatoms. The van der Waals surface area contributed by atoms with E-state index in [2.05, 4.69) is 38.9 Å². The van der Waals surface area contributed by atoms with E-state index in [1.165, 1.54) is 0 Å². The number of nitrogens with one attached hydrogen (secondary N) is 1. The Bertz CT molecular complexity index is 340. The van der Waals surface area contributed by atoms with Gasteiger partial charge in [-0.2, -0.15) is 0 Å². The van der Waals surface area contributed by atoms with Gasteiger partial charge in [-0.25, -0.2) is 9.97 Å². The van der Waals surface area contributed by atoms with Crippen LogP contribution in [-0.2, 0) is 0 Å². The van der Waals surface area contributed by atoms with Crippen LogP contribution in [0.4, 0.5) is 11.6 Å². The maximum absolute atomic E-state index is 4.43. The molecule has 1 aliphatic rings. The molecule has 0 spiro atoms. The molecule has 0 bridgehead atoms. The Morgan fingerprint density at radius 2 is 1.82 bits per heavy atom. The lowest BCUT2D eigenvalue weighted by atomic mass is 10.2. The Labute approximate surface area is 103 Å². The highest BCUT2D eigenvalue weighted by atomic mass is 15.3. The van der Waals surface area contributed by atoms with Gasteiger partial charge in [-0.15, -0.1) is 0 Å². The maximum atomic E-state index is 4.43. The van der Waals surface area contributed by atoms with Gasteiger partial charge in [0.05, 0.1) is 12.4 Å². The van der Waals surface area contributed by atoms with Gasteiger partial charge in [0, 0.05) is 39.3 Å². The van der Waals surface area contributed by atoms with E-state index in [9.17, 15) is 0 Å². The van der Waals surface area contributed by atoms with Gasteiger partial charge in [0.2, 0.25) is 0 Å². The summed E-state index contributed by atoms with van der Waals surface area (Å²) in [6.45, 7) is 8.77. The van der Waals surface area contributed by atoms with Crippen molar-refractivity contribution in [2.24, 2.45) is 0 Å². The minimum absolute atomic E-state index is 0.634. The molecular weight excluding hydrogens is 214 g/mol. The first-order valence-electron chi connectivity index (χ1n) is 6.19. The van der Waals surface area contributed by atoms with Crippen LogP contribution < -0.4 is 10.2 Å². The lowest BCUT2D eigenvalue weighted by Crippen LogP contribution is -2.49. The van der Waals surface area contributed by atoms with Gasteiger partial charge in [-0.05, 0) is 13.8 Å². The van der Waals surface area contributed by atoms with Crippen molar-refractivity contribution in [3.8, 4) is 0 Å². The Balaban J connectivity index is 1.95. The van der Waals surface area contributed by atoms with E-state index in [-0.39, 0.29) is 0 Å². The van der Waals surface area contributed by atoms with Crippen LogP contribution in [0.3, 0.4) is 0 Å². The van der Waals surface area contributed by atoms with E-state index < -0.39 is 0 Å². The number of rotatable bonds is 3. The summed E-state index contributed by atoms with van der Waals surface area (Å²) in [5, 5.41) is 2.98. The average molecular weight is 235 g/mol. The maximum Gasteiger partial charge on any atom is 0.147 e. The Morgan fingerprint density at radius 1 is 1.12 bits per heavy atom. The Morgan fingerprint density at radius 3 is 2.29 bits per heavy atom. The van der Waals surface area contributed by atoms with E-state index in [0.29, 0.717) is 6.04 Å². The predicted octanol–water partition coefficient (Wildman–Crippen LogP) is 1.05. The van der Waals surface area contributed by atoms with Crippen molar-refractivity contribution in [3.05, 3.63) is 12.4 Å². The highest BCUT2D eigenvalue weighted by molar-refractivity contribution is 5.41. The zero-order chi connectivity index (χ0) is 12.3. The lowest BCUT2D eigenvalue weighted by Gasteiger charge is -2.37. The van der Waals surface area contributed by atoms with Crippen molar-refractivity contribution in [2.45, 2.75) is 19.9 Å². The molecule has 0 saturated carbocycles. The smallest absolute Gasteiger partial charge is 0.147 e. The zero-order valence-corrected chi connectivity index (χ0v) is 10.8. The molecule has 0 aliphatic carbocycles. The first kappa shape index (κ1) is 12.1. The van der Waals surface area contributed by atoms with E-state index in [0.717, 1.165) is 37.8 Å². The number of nitrogens with zero attached hydrogens (tertiary/aromatic N) is 4. The minimum Gasteiger partial charge on any atom is -0.372 e. The summed E-state index contributed by atoms with van der Waals surface area (Å²) in [5.74, 6) is 1.79. The van der Waals surface area contributed by atoms with Gasteiger partial charge in [0.1, 0.15) is 11.6 Å². The molecule has 1 saturated heterocycles. The Kier molecular flexibility index (Phi) is 3.78. The lowest BCUT2D eigenvalue weighted by molar-refractivity contribution is 0.209. The van der Waals surface area contributed by atoms with Crippen LogP contribution in [-0.4, -0.2) is 54.1 Å². The quantitative estimate of drug-likeness (QED) is 0.848. The summed E-state index contributed by atoms with van der Waals surface area (Å²) < 4.78 is 0. The number of aromatic nitrogens is 2. The molecule has 1 aromatic rings. The SMILES string of the molecule is CNc1cnc(N2CCN(C(C)C)CC2)cn1. The molecule has 1 fully saturated rings. The fraction of sp³-hybridized carbons (Fsp3) is 0.667. The minimum atomic E-state index is 0.634. The van der Waals surface area contributed by atoms with E-state index in [1.807, 2.05) is 13.2 Å². The van der Waals surface area contributed by atoms with Gasteiger partial charge in [0.25, 0.3) is 0 Å². The number of hydrogen-bond donors (Lipinski definition) is 1. The summed E-state index contributed by atoms with van der Waals surface area (Å²) in [6, 6.07) is 0.634. The van der Waals surface area contributed by atoms with E-state index in [1.54, 1.807) is 6.20 Å². The zero-order valence-electron chi connectivity index (χ0n) is 10.8. The fourth-order valence-corrected chi connectivity index (χ4v) is 2.08. The molecule has 0 atom stereocenters. The number of piperazine rings is 1. The molecule has 1 N–H and O–H groups in total.